The summed E-state index contributed by atoms with van der Waals surface area (Å²) in [6.45, 7) is 2.41. The molecule has 2 rings (SSSR count). The van der Waals surface area contributed by atoms with E-state index in [1.807, 2.05) is 18.3 Å². The molecular weight excluding hydrogens is 216 g/mol. The van der Waals surface area contributed by atoms with E-state index in [4.69, 9.17) is 9.47 Å². The largest absolute Gasteiger partial charge is 0.497 e. The van der Waals surface area contributed by atoms with Gasteiger partial charge in [-0.15, -0.1) is 0 Å². The lowest BCUT2D eigenvalue weighted by Crippen LogP contribution is -2.18. The molecule has 92 valence electrons. The molecule has 4 nitrogen and oxygen atoms in total. The molecule has 2 aromatic rings. The topological polar surface area (TPSA) is 46.3 Å². The van der Waals surface area contributed by atoms with Crippen LogP contribution in [0.2, 0.25) is 0 Å². The third-order valence-corrected chi connectivity index (χ3v) is 2.77. The summed E-state index contributed by atoms with van der Waals surface area (Å²) in [4.78, 5) is 3.25. The van der Waals surface area contributed by atoms with Gasteiger partial charge in [0.25, 0.3) is 0 Å². The molecule has 17 heavy (non-hydrogen) atoms. The van der Waals surface area contributed by atoms with E-state index in [9.17, 15) is 0 Å². The van der Waals surface area contributed by atoms with Gasteiger partial charge in [-0.05, 0) is 23.8 Å². The van der Waals surface area contributed by atoms with Gasteiger partial charge < -0.3 is 19.8 Å². The van der Waals surface area contributed by atoms with Crippen LogP contribution in [0.25, 0.3) is 10.9 Å². The van der Waals surface area contributed by atoms with E-state index < -0.39 is 0 Å². The van der Waals surface area contributed by atoms with Crippen LogP contribution < -0.4 is 10.1 Å². The highest BCUT2D eigenvalue weighted by atomic mass is 16.5. The van der Waals surface area contributed by atoms with E-state index in [0.717, 1.165) is 31.0 Å². The summed E-state index contributed by atoms with van der Waals surface area (Å²) in [5, 5.41) is 4.54. The van der Waals surface area contributed by atoms with Gasteiger partial charge in [0.1, 0.15) is 5.75 Å². The van der Waals surface area contributed by atoms with Crippen molar-refractivity contribution in [3.63, 3.8) is 0 Å². The number of fused-ring (bicyclic) bond motifs is 1. The highest BCUT2D eigenvalue weighted by molar-refractivity contribution is 5.84. The van der Waals surface area contributed by atoms with Crippen LogP contribution in [0.4, 0.5) is 0 Å². The summed E-state index contributed by atoms with van der Waals surface area (Å²) in [6.07, 6.45) is 2.03. The van der Waals surface area contributed by atoms with Crippen molar-refractivity contribution in [2.24, 2.45) is 0 Å². The lowest BCUT2D eigenvalue weighted by Gasteiger charge is -2.04. The molecule has 1 heterocycles. The van der Waals surface area contributed by atoms with E-state index in [2.05, 4.69) is 16.4 Å². The van der Waals surface area contributed by atoms with Crippen molar-refractivity contribution >= 4 is 10.9 Å². The standard InChI is InChI=1S/C13H18N2O2/c1-16-6-5-14-8-10-9-15-13-4-3-11(17-2)7-12(10)13/h3-4,7,9,14-15H,5-6,8H2,1-2H3. The lowest BCUT2D eigenvalue weighted by atomic mass is 10.1. The molecule has 0 atom stereocenters. The molecule has 1 aromatic heterocycles. The van der Waals surface area contributed by atoms with Crippen molar-refractivity contribution < 1.29 is 9.47 Å². The number of aromatic amines is 1. The van der Waals surface area contributed by atoms with Crippen LogP contribution >= 0.6 is 0 Å². The molecule has 0 aliphatic rings. The lowest BCUT2D eigenvalue weighted by molar-refractivity contribution is 0.199. The molecule has 4 heteroatoms. The average Bonchev–Trinajstić information content (AvgIpc) is 2.77. The minimum Gasteiger partial charge on any atom is -0.497 e. The van der Waals surface area contributed by atoms with Crippen molar-refractivity contribution in [1.82, 2.24) is 10.3 Å². The minimum atomic E-state index is 0.728. The predicted octanol–water partition coefficient (Wildman–Crippen LogP) is 1.91. The number of benzene rings is 1. The van der Waals surface area contributed by atoms with Crippen molar-refractivity contribution in [3.8, 4) is 5.75 Å². The second-order valence-corrected chi connectivity index (χ2v) is 3.90. The molecule has 0 bridgehead atoms. The smallest absolute Gasteiger partial charge is 0.119 e. The molecule has 0 spiro atoms. The zero-order valence-corrected chi connectivity index (χ0v) is 10.2. The Morgan fingerprint density at radius 3 is 2.94 bits per heavy atom. The summed E-state index contributed by atoms with van der Waals surface area (Å²) in [5.74, 6) is 0.884. The van der Waals surface area contributed by atoms with Crippen molar-refractivity contribution in [3.05, 3.63) is 30.0 Å². The number of H-pyrrole nitrogens is 1. The summed E-state index contributed by atoms with van der Waals surface area (Å²) < 4.78 is 10.2. The Morgan fingerprint density at radius 2 is 2.18 bits per heavy atom. The monoisotopic (exact) mass is 234 g/mol. The first-order valence-corrected chi connectivity index (χ1v) is 5.69. The molecule has 0 fully saturated rings. The first-order chi connectivity index (χ1) is 8.35. The number of ether oxygens (including phenoxy) is 2. The molecule has 0 aliphatic heterocycles. The highest BCUT2D eigenvalue weighted by Crippen LogP contribution is 2.23. The van der Waals surface area contributed by atoms with Crippen LogP contribution in [-0.4, -0.2) is 32.4 Å². The van der Waals surface area contributed by atoms with Gasteiger partial charge in [-0.2, -0.15) is 0 Å². The summed E-state index contributed by atoms with van der Waals surface area (Å²) in [7, 11) is 3.39. The van der Waals surface area contributed by atoms with E-state index >= 15 is 0 Å². The molecule has 0 saturated heterocycles. The van der Waals surface area contributed by atoms with E-state index in [-0.39, 0.29) is 0 Å². The maximum atomic E-state index is 5.24. The Labute approximate surface area is 101 Å². The third kappa shape index (κ3) is 2.78. The summed E-state index contributed by atoms with van der Waals surface area (Å²) >= 11 is 0. The minimum absolute atomic E-state index is 0.728. The Hall–Kier alpha value is -1.52. The van der Waals surface area contributed by atoms with Crippen molar-refractivity contribution in [2.75, 3.05) is 27.4 Å². The first kappa shape index (κ1) is 12.0. The fraction of sp³-hybridized carbons (Fsp3) is 0.385. The fourth-order valence-electron chi connectivity index (χ4n) is 1.83. The van der Waals surface area contributed by atoms with E-state index in [0.29, 0.717) is 0 Å². The van der Waals surface area contributed by atoms with Crippen LogP contribution in [0.1, 0.15) is 5.56 Å². The van der Waals surface area contributed by atoms with Crippen LogP contribution in [0.3, 0.4) is 0 Å². The quantitative estimate of drug-likeness (QED) is 0.751. The van der Waals surface area contributed by atoms with Gasteiger partial charge in [-0.25, -0.2) is 0 Å². The molecule has 0 radical (unpaired) electrons. The van der Waals surface area contributed by atoms with Gasteiger partial charge in [0.05, 0.1) is 13.7 Å². The van der Waals surface area contributed by atoms with Gasteiger partial charge in [-0.3, -0.25) is 0 Å². The second-order valence-electron chi connectivity index (χ2n) is 3.90. The Morgan fingerprint density at radius 1 is 1.29 bits per heavy atom. The van der Waals surface area contributed by atoms with E-state index in [1.54, 1.807) is 14.2 Å². The molecule has 0 saturated carbocycles. The van der Waals surface area contributed by atoms with Gasteiger partial charge in [0.15, 0.2) is 0 Å². The van der Waals surface area contributed by atoms with Crippen molar-refractivity contribution in [1.29, 1.82) is 0 Å². The number of nitrogens with one attached hydrogen (secondary N) is 2. The third-order valence-electron chi connectivity index (χ3n) is 2.77. The first-order valence-electron chi connectivity index (χ1n) is 5.69. The second kappa shape index (κ2) is 5.70. The van der Waals surface area contributed by atoms with Gasteiger partial charge in [0, 0.05) is 37.3 Å². The van der Waals surface area contributed by atoms with Crippen LogP contribution in [-0.2, 0) is 11.3 Å². The number of aromatic nitrogens is 1. The Kier molecular flexibility index (Phi) is 4.01. The molecular formula is C13H18N2O2. The van der Waals surface area contributed by atoms with Crippen LogP contribution in [0.15, 0.2) is 24.4 Å². The van der Waals surface area contributed by atoms with Gasteiger partial charge in [-0.1, -0.05) is 0 Å². The number of hydrogen-bond donors (Lipinski definition) is 2. The number of methoxy groups -OCH3 is 2. The van der Waals surface area contributed by atoms with Gasteiger partial charge >= 0.3 is 0 Å². The average molecular weight is 234 g/mol. The Bertz CT molecular complexity index is 479. The summed E-state index contributed by atoms with van der Waals surface area (Å²) in [5.41, 5.74) is 2.38. The highest BCUT2D eigenvalue weighted by Gasteiger charge is 2.04. The van der Waals surface area contributed by atoms with Crippen LogP contribution in [0.5, 0.6) is 5.75 Å². The molecule has 2 N–H and O–H groups in total. The zero-order chi connectivity index (χ0) is 12.1. The van der Waals surface area contributed by atoms with Gasteiger partial charge in [0.2, 0.25) is 0 Å². The normalized spacial score (nSPS) is 10.9. The number of hydrogen-bond acceptors (Lipinski definition) is 3. The maximum Gasteiger partial charge on any atom is 0.119 e. The summed E-state index contributed by atoms with van der Waals surface area (Å²) in [6, 6.07) is 6.05. The number of rotatable bonds is 6. The molecule has 1 aromatic carbocycles. The van der Waals surface area contributed by atoms with Crippen molar-refractivity contribution in [2.45, 2.75) is 6.54 Å². The van der Waals surface area contributed by atoms with E-state index in [1.165, 1.54) is 10.9 Å². The zero-order valence-electron chi connectivity index (χ0n) is 10.2. The maximum absolute atomic E-state index is 5.24. The fourth-order valence-corrected chi connectivity index (χ4v) is 1.83. The molecule has 0 unspecified atom stereocenters. The Balaban J connectivity index is 2.11. The molecule has 0 amide bonds. The SMILES string of the molecule is COCCNCc1c[nH]c2ccc(OC)cc12. The van der Waals surface area contributed by atoms with Crippen LogP contribution in [0, 0.1) is 0 Å². The molecule has 0 aliphatic carbocycles. The predicted molar refractivity (Wildman–Crippen MR) is 68.4 cm³/mol.